The monoisotopic (exact) mass is 283 g/mol. The maximum Gasteiger partial charge on any atom is 0.223 e. The zero-order valence-electron chi connectivity index (χ0n) is 12.6. The van der Waals surface area contributed by atoms with Gasteiger partial charge in [0.25, 0.3) is 0 Å². The van der Waals surface area contributed by atoms with Gasteiger partial charge in [-0.3, -0.25) is 9.69 Å². The van der Waals surface area contributed by atoms with Crippen LogP contribution >= 0.6 is 0 Å². The maximum absolute atomic E-state index is 12.1. The molecule has 1 N–H and O–H groups in total. The van der Waals surface area contributed by atoms with Gasteiger partial charge in [0, 0.05) is 52.2 Å². The Kier molecular flexibility index (Phi) is 7.33. The van der Waals surface area contributed by atoms with Gasteiger partial charge in [0.15, 0.2) is 0 Å². The second-order valence-corrected chi connectivity index (χ2v) is 5.75. The summed E-state index contributed by atoms with van der Waals surface area (Å²) in [5, 5.41) is 3.39. The van der Waals surface area contributed by atoms with Crippen molar-refractivity contribution >= 4 is 5.91 Å². The molecule has 2 rings (SSSR count). The van der Waals surface area contributed by atoms with Gasteiger partial charge in [0.2, 0.25) is 5.91 Å². The number of amides is 1. The highest BCUT2D eigenvalue weighted by atomic mass is 16.5. The average molecular weight is 283 g/mol. The number of rotatable bonds is 6. The standard InChI is InChI=1S/C15H29N3O2/c19-15(18-8-3-1-2-4-9-18)5-6-16-7-10-17-11-13-20-14-12-17/h16H,1-14H2. The third-order valence-corrected chi connectivity index (χ3v) is 4.18. The van der Waals surface area contributed by atoms with Crippen molar-refractivity contribution in [3.8, 4) is 0 Å². The zero-order valence-corrected chi connectivity index (χ0v) is 12.6. The summed E-state index contributed by atoms with van der Waals surface area (Å²) in [6.45, 7) is 8.54. The topological polar surface area (TPSA) is 44.8 Å². The highest BCUT2D eigenvalue weighted by Crippen LogP contribution is 2.10. The van der Waals surface area contributed by atoms with E-state index in [4.69, 9.17) is 4.74 Å². The largest absolute Gasteiger partial charge is 0.379 e. The van der Waals surface area contributed by atoms with Crippen molar-refractivity contribution in [3.63, 3.8) is 0 Å². The van der Waals surface area contributed by atoms with Crippen LogP contribution in [0.3, 0.4) is 0 Å². The SMILES string of the molecule is O=C(CCNCCN1CCOCC1)N1CCCCCC1. The van der Waals surface area contributed by atoms with Gasteiger partial charge in [-0.05, 0) is 12.8 Å². The van der Waals surface area contributed by atoms with Crippen LogP contribution in [0.1, 0.15) is 32.1 Å². The first-order valence-corrected chi connectivity index (χ1v) is 8.15. The molecule has 0 unspecified atom stereocenters. The molecule has 2 aliphatic rings. The minimum absolute atomic E-state index is 0.325. The lowest BCUT2D eigenvalue weighted by atomic mass is 10.2. The fourth-order valence-corrected chi connectivity index (χ4v) is 2.86. The van der Waals surface area contributed by atoms with Crippen molar-refractivity contribution in [1.29, 1.82) is 0 Å². The van der Waals surface area contributed by atoms with E-state index in [-0.39, 0.29) is 0 Å². The van der Waals surface area contributed by atoms with Crippen LogP contribution in [0.15, 0.2) is 0 Å². The lowest BCUT2D eigenvalue weighted by Crippen LogP contribution is -2.41. The number of nitrogens with zero attached hydrogens (tertiary/aromatic N) is 2. The number of nitrogens with one attached hydrogen (secondary N) is 1. The van der Waals surface area contributed by atoms with Crippen molar-refractivity contribution < 1.29 is 9.53 Å². The van der Waals surface area contributed by atoms with Crippen LogP contribution in [-0.2, 0) is 9.53 Å². The first kappa shape index (κ1) is 15.7. The molecule has 0 aromatic heterocycles. The number of likely N-dealkylation sites (tertiary alicyclic amines) is 1. The zero-order chi connectivity index (χ0) is 14.0. The number of hydrogen-bond donors (Lipinski definition) is 1. The quantitative estimate of drug-likeness (QED) is 0.729. The summed E-state index contributed by atoms with van der Waals surface area (Å²) in [6.07, 6.45) is 5.55. The van der Waals surface area contributed by atoms with Crippen LogP contribution in [0.5, 0.6) is 0 Å². The fourth-order valence-electron chi connectivity index (χ4n) is 2.86. The lowest BCUT2D eigenvalue weighted by molar-refractivity contribution is -0.131. The Balaban J connectivity index is 1.50. The van der Waals surface area contributed by atoms with Gasteiger partial charge in [0.1, 0.15) is 0 Å². The first-order valence-electron chi connectivity index (χ1n) is 8.15. The predicted molar refractivity (Wildman–Crippen MR) is 79.8 cm³/mol. The second-order valence-electron chi connectivity index (χ2n) is 5.75. The van der Waals surface area contributed by atoms with E-state index in [1.165, 1.54) is 25.7 Å². The van der Waals surface area contributed by atoms with Gasteiger partial charge >= 0.3 is 0 Å². The van der Waals surface area contributed by atoms with E-state index in [2.05, 4.69) is 15.1 Å². The van der Waals surface area contributed by atoms with Gasteiger partial charge < -0.3 is 15.0 Å². The molecule has 5 nitrogen and oxygen atoms in total. The summed E-state index contributed by atoms with van der Waals surface area (Å²) in [4.78, 5) is 16.5. The van der Waals surface area contributed by atoms with E-state index in [0.717, 1.165) is 59.0 Å². The van der Waals surface area contributed by atoms with Crippen molar-refractivity contribution in [2.75, 3.05) is 59.0 Å². The molecule has 0 aliphatic carbocycles. The molecule has 0 spiro atoms. The molecular weight excluding hydrogens is 254 g/mol. The molecule has 5 heteroatoms. The molecule has 20 heavy (non-hydrogen) atoms. The number of morpholine rings is 1. The highest BCUT2D eigenvalue weighted by molar-refractivity contribution is 5.76. The molecule has 0 bridgehead atoms. The van der Waals surface area contributed by atoms with E-state index >= 15 is 0 Å². The van der Waals surface area contributed by atoms with Crippen LogP contribution in [0.2, 0.25) is 0 Å². The molecule has 2 heterocycles. The lowest BCUT2D eigenvalue weighted by Gasteiger charge is -2.26. The van der Waals surface area contributed by atoms with Crippen molar-refractivity contribution in [3.05, 3.63) is 0 Å². The molecular formula is C15H29N3O2. The fraction of sp³-hybridized carbons (Fsp3) is 0.933. The minimum atomic E-state index is 0.325. The van der Waals surface area contributed by atoms with E-state index < -0.39 is 0 Å². The van der Waals surface area contributed by atoms with Gasteiger partial charge in [-0.15, -0.1) is 0 Å². The van der Waals surface area contributed by atoms with Crippen molar-refractivity contribution in [2.24, 2.45) is 0 Å². The Morgan fingerprint density at radius 1 is 0.950 bits per heavy atom. The van der Waals surface area contributed by atoms with Crippen LogP contribution in [0.25, 0.3) is 0 Å². The van der Waals surface area contributed by atoms with E-state index in [9.17, 15) is 4.79 Å². The molecule has 2 saturated heterocycles. The maximum atomic E-state index is 12.1. The Morgan fingerprint density at radius 3 is 2.35 bits per heavy atom. The third kappa shape index (κ3) is 5.77. The van der Waals surface area contributed by atoms with Crippen LogP contribution < -0.4 is 5.32 Å². The minimum Gasteiger partial charge on any atom is -0.379 e. The molecule has 0 saturated carbocycles. The number of hydrogen-bond acceptors (Lipinski definition) is 4. The molecule has 0 radical (unpaired) electrons. The summed E-state index contributed by atoms with van der Waals surface area (Å²) >= 11 is 0. The molecule has 0 aromatic carbocycles. The molecule has 2 fully saturated rings. The highest BCUT2D eigenvalue weighted by Gasteiger charge is 2.14. The predicted octanol–water partition coefficient (Wildman–Crippen LogP) is 0.701. The molecule has 0 aromatic rings. The van der Waals surface area contributed by atoms with Gasteiger partial charge in [0.05, 0.1) is 13.2 Å². The Hall–Kier alpha value is -0.650. The van der Waals surface area contributed by atoms with E-state index in [1.807, 2.05) is 0 Å². The van der Waals surface area contributed by atoms with Gasteiger partial charge in [-0.25, -0.2) is 0 Å². The van der Waals surface area contributed by atoms with Gasteiger partial charge in [-0.2, -0.15) is 0 Å². The molecule has 116 valence electrons. The summed E-state index contributed by atoms with van der Waals surface area (Å²) in [6, 6.07) is 0. The van der Waals surface area contributed by atoms with Gasteiger partial charge in [-0.1, -0.05) is 12.8 Å². The summed E-state index contributed by atoms with van der Waals surface area (Å²) < 4.78 is 5.32. The average Bonchev–Trinajstić information content (AvgIpc) is 2.77. The number of carbonyl (C=O) groups is 1. The Bertz CT molecular complexity index is 272. The number of ether oxygens (including phenoxy) is 1. The Morgan fingerprint density at radius 2 is 1.65 bits per heavy atom. The molecule has 2 aliphatic heterocycles. The number of carbonyl (C=O) groups excluding carboxylic acids is 1. The molecule has 1 amide bonds. The summed E-state index contributed by atoms with van der Waals surface area (Å²) in [7, 11) is 0. The Labute approximate surface area is 122 Å². The van der Waals surface area contributed by atoms with Crippen LogP contribution in [0, 0.1) is 0 Å². The summed E-state index contributed by atoms with van der Waals surface area (Å²) in [5.74, 6) is 0.325. The van der Waals surface area contributed by atoms with Crippen LogP contribution in [-0.4, -0.2) is 74.7 Å². The molecule has 0 atom stereocenters. The van der Waals surface area contributed by atoms with Crippen molar-refractivity contribution in [1.82, 2.24) is 15.1 Å². The smallest absolute Gasteiger partial charge is 0.223 e. The third-order valence-electron chi connectivity index (χ3n) is 4.18. The second kappa shape index (κ2) is 9.32. The van der Waals surface area contributed by atoms with E-state index in [0.29, 0.717) is 12.3 Å². The van der Waals surface area contributed by atoms with E-state index in [1.54, 1.807) is 0 Å². The normalized spacial score (nSPS) is 21.7. The first-order chi connectivity index (χ1) is 9.86. The van der Waals surface area contributed by atoms with Crippen LogP contribution in [0.4, 0.5) is 0 Å². The summed E-state index contributed by atoms with van der Waals surface area (Å²) in [5.41, 5.74) is 0. The van der Waals surface area contributed by atoms with Crippen molar-refractivity contribution in [2.45, 2.75) is 32.1 Å².